The number of benzene rings is 6. The number of rotatable bonds is 4. The van der Waals surface area contributed by atoms with Gasteiger partial charge in [0.25, 0.3) is 0 Å². The number of amidine groups is 1. The third-order valence-corrected chi connectivity index (χ3v) is 10.4. The zero-order chi connectivity index (χ0) is 30.2. The molecule has 2 aliphatic carbocycles. The lowest BCUT2D eigenvalue weighted by molar-refractivity contribution is 0.879. The van der Waals surface area contributed by atoms with Gasteiger partial charge in [-0.15, -0.1) is 0 Å². The molecule has 1 aliphatic heterocycles. The van der Waals surface area contributed by atoms with Crippen LogP contribution in [0.2, 0.25) is 0 Å². The van der Waals surface area contributed by atoms with Gasteiger partial charge in [-0.2, -0.15) is 0 Å². The Balaban J connectivity index is 0.978. The highest BCUT2D eigenvalue weighted by Crippen LogP contribution is 2.52. The molecule has 0 bridgehead atoms. The zero-order valence-corrected chi connectivity index (χ0v) is 25.4. The van der Waals surface area contributed by atoms with Crippen molar-refractivity contribution in [1.82, 2.24) is 4.57 Å². The topological polar surface area (TPSA) is 29.6 Å². The molecule has 1 fully saturated rings. The number of para-hydroxylation sites is 1. The van der Waals surface area contributed by atoms with Gasteiger partial charge in [-0.05, 0) is 99.1 Å². The summed E-state index contributed by atoms with van der Waals surface area (Å²) in [6, 6.07) is 42.3. The molecule has 0 N–H and O–H groups in total. The zero-order valence-electron chi connectivity index (χ0n) is 25.4. The van der Waals surface area contributed by atoms with Gasteiger partial charge in [0, 0.05) is 34.6 Å². The monoisotopic (exact) mass is 589 g/mol. The summed E-state index contributed by atoms with van der Waals surface area (Å²) in [4.78, 5) is 10.2. The molecule has 0 radical (unpaired) electrons. The van der Waals surface area contributed by atoms with Crippen molar-refractivity contribution in [2.75, 3.05) is 0 Å². The van der Waals surface area contributed by atoms with Gasteiger partial charge < -0.3 is 4.57 Å². The minimum absolute atomic E-state index is 0.117. The van der Waals surface area contributed by atoms with Gasteiger partial charge in [0.15, 0.2) is 5.84 Å². The Morgan fingerprint density at radius 1 is 0.674 bits per heavy atom. The molecule has 10 rings (SSSR count). The number of hydrogen-bond acceptors (Lipinski definition) is 2. The molecule has 0 spiro atoms. The summed E-state index contributed by atoms with van der Waals surface area (Å²) >= 11 is 0. The fraction of sp³-hybridized carbons (Fsp3) is 0.116. The molecule has 0 amide bonds. The molecule has 6 aromatic carbocycles. The molecule has 3 aliphatic rings. The van der Waals surface area contributed by atoms with Gasteiger partial charge >= 0.3 is 0 Å². The summed E-state index contributed by atoms with van der Waals surface area (Å²) in [5.41, 5.74) is 7.36. The number of aliphatic imine (C=N–C) groups is 2. The van der Waals surface area contributed by atoms with Crippen LogP contribution in [-0.2, 0) is 5.41 Å². The van der Waals surface area contributed by atoms with Crippen LogP contribution in [-0.4, -0.2) is 22.7 Å². The Labute approximate surface area is 267 Å². The van der Waals surface area contributed by atoms with Crippen molar-refractivity contribution in [3.63, 3.8) is 0 Å². The molecule has 7 aromatic rings. The van der Waals surface area contributed by atoms with Gasteiger partial charge in [0.05, 0.1) is 17.0 Å². The van der Waals surface area contributed by atoms with Crippen LogP contribution in [0.1, 0.15) is 36.0 Å². The summed E-state index contributed by atoms with van der Waals surface area (Å²) in [5, 5.41) is 9.14. The maximum absolute atomic E-state index is 5.18. The van der Waals surface area contributed by atoms with E-state index in [4.69, 9.17) is 9.98 Å². The fourth-order valence-corrected chi connectivity index (χ4v) is 7.90. The third kappa shape index (κ3) is 3.78. The average Bonchev–Trinajstić information content (AvgIpc) is 3.76. The SMILES string of the molecule is C1=CCCC(c2cn(-c3ccc(C4=NC5CC5(c5ccc6c7ccccc7c7ccccc7c6c5)C=N4)cc3)c3ccccc23)=C1. The van der Waals surface area contributed by atoms with Crippen LogP contribution < -0.4 is 0 Å². The minimum Gasteiger partial charge on any atom is -0.316 e. The van der Waals surface area contributed by atoms with Gasteiger partial charge in [0.1, 0.15) is 0 Å². The molecule has 3 heteroatoms. The summed E-state index contributed by atoms with van der Waals surface area (Å²) in [6.07, 6.45) is 14.3. The minimum atomic E-state index is -0.117. The van der Waals surface area contributed by atoms with Crippen molar-refractivity contribution in [2.24, 2.45) is 9.98 Å². The van der Waals surface area contributed by atoms with Crippen molar-refractivity contribution < 1.29 is 0 Å². The van der Waals surface area contributed by atoms with E-state index in [0.717, 1.165) is 36.3 Å². The smallest absolute Gasteiger partial charge is 0.154 e. The van der Waals surface area contributed by atoms with Crippen LogP contribution in [0.15, 0.2) is 150 Å². The summed E-state index contributed by atoms with van der Waals surface area (Å²) in [5.74, 6) is 0.833. The summed E-state index contributed by atoms with van der Waals surface area (Å²) in [7, 11) is 0. The first kappa shape index (κ1) is 25.8. The number of fused-ring (bicyclic) bond motifs is 8. The Morgan fingerprint density at radius 2 is 1.35 bits per heavy atom. The Kier molecular flexibility index (Phi) is 5.45. The number of aromatic nitrogens is 1. The molecule has 218 valence electrons. The predicted octanol–water partition coefficient (Wildman–Crippen LogP) is 10.4. The lowest BCUT2D eigenvalue weighted by Crippen LogP contribution is -2.19. The number of nitrogens with zero attached hydrogens (tertiary/aromatic N) is 3. The third-order valence-electron chi connectivity index (χ3n) is 10.4. The molecule has 46 heavy (non-hydrogen) atoms. The van der Waals surface area contributed by atoms with Crippen molar-refractivity contribution in [1.29, 1.82) is 0 Å². The second-order valence-electron chi connectivity index (χ2n) is 13.0. The highest BCUT2D eigenvalue weighted by Gasteiger charge is 2.56. The van der Waals surface area contributed by atoms with E-state index in [2.05, 4.69) is 150 Å². The van der Waals surface area contributed by atoms with Crippen molar-refractivity contribution in [2.45, 2.75) is 30.7 Å². The van der Waals surface area contributed by atoms with Crippen LogP contribution in [0.3, 0.4) is 0 Å². The number of allylic oxidation sites excluding steroid dienone is 4. The van der Waals surface area contributed by atoms with Crippen LogP contribution >= 0.6 is 0 Å². The molecule has 2 heterocycles. The van der Waals surface area contributed by atoms with Gasteiger partial charge in [-0.3, -0.25) is 4.99 Å². The quantitative estimate of drug-likeness (QED) is 0.183. The summed E-state index contributed by atoms with van der Waals surface area (Å²) < 4.78 is 2.32. The molecule has 0 saturated heterocycles. The fourth-order valence-electron chi connectivity index (χ4n) is 7.90. The van der Waals surface area contributed by atoms with Crippen molar-refractivity contribution in [3.8, 4) is 5.69 Å². The molecular weight excluding hydrogens is 558 g/mol. The van der Waals surface area contributed by atoms with E-state index in [1.807, 2.05) is 0 Å². The van der Waals surface area contributed by atoms with Crippen LogP contribution in [0.4, 0.5) is 0 Å². The highest BCUT2D eigenvalue weighted by molar-refractivity contribution is 6.25. The van der Waals surface area contributed by atoms with Crippen molar-refractivity contribution in [3.05, 3.63) is 156 Å². The molecule has 2 unspecified atom stereocenters. The highest BCUT2D eigenvalue weighted by atomic mass is 15.0. The summed E-state index contributed by atoms with van der Waals surface area (Å²) in [6.45, 7) is 0. The standard InChI is InChI=1S/C43H31N3/c1-2-10-28(11-3-1)39-26-46(40-17-9-8-16-37(39)40)31-21-18-29(19-22-31)42-44-27-43(25-41(43)45-42)30-20-23-36-34-14-5-4-12-32(34)33-13-6-7-15-35(33)38(36)24-30/h1-2,4-10,12-24,26-27,41H,3,11,25H2. The second-order valence-corrected chi connectivity index (χ2v) is 13.0. The van der Waals surface area contributed by atoms with E-state index in [1.54, 1.807) is 0 Å². The van der Waals surface area contributed by atoms with Gasteiger partial charge in [0.2, 0.25) is 0 Å². The maximum atomic E-state index is 5.18. The van der Waals surface area contributed by atoms with Crippen LogP contribution in [0.25, 0.3) is 54.5 Å². The first-order valence-electron chi connectivity index (χ1n) is 16.3. The molecule has 2 atom stereocenters. The predicted molar refractivity (Wildman–Crippen MR) is 194 cm³/mol. The van der Waals surface area contributed by atoms with E-state index >= 15 is 0 Å². The van der Waals surface area contributed by atoms with Crippen LogP contribution in [0, 0.1) is 0 Å². The van der Waals surface area contributed by atoms with E-state index in [-0.39, 0.29) is 11.5 Å². The molecule has 3 nitrogen and oxygen atoms in total. The van der Waals surface area contributed by atoms with E-state index in [1.165, 1.54) is 59.9 Å². The molecular formula is C43H31N3. The average molecular weight is 590 g/mol. The van der Waals surface area contributed by atoms with Crippen molar-refractivity contribution >= 4 is 60.8 Å². The lowest BCUT2D eigenvalue weighted by atomic mass is 9.89. The normalized spacial score (nSPS) is 20.3. The second kappa shape index (κ2) is 9.73. The van der Waals surface area contributed by atoms with Gasteiger partial charge in [-0.1, -0.05) is 97.1 Å². The van der Waals surface area contributed by atoms with Gasteiger partial charge in [-0.25, -0.2) is 4.99 Å². The molecule has 1 saturated carbocycles. The Morgan fingerprint density at radius 3 is 2.04 bits per heavy atom. The maximum Gasteiger partial charge on any atom is 0.154 e. The molecule has 1 aromatic heterocycles. The van der Waals surface area contributed by atoms with E-state index in [0.29, 0.717) is 0 Å². The van der Waals surface area contributed by atoms with Crippen LogP contribution in [0.5, 0.6) is 0 Å². The van der Waals surface area contributed by atoms with E-state index in [9.17, 15) is 0 Å². The lowest BCUT2D eigenvalue weighted by Gasteiger charge is -2.18. The first-order chi connectivity index (χ1) is 22.8. The largest absolute Gasteiger partial charge is 0.316 e. The number of hydrogen-bond donors (Lipinski definition) is 0. The first-order valence-corrected chi connectivity index (χ1v) is 16.3. The Bertz CT molecular complexity index is 2470. The van der Waals surface area contributed by atoms with E-state index < -0.39 is 0 Å². The Hall–Kier alpha value is -5.54.